The molecule has 1 fully saturated rings. The van der Waals surface area contributed by atoms with Crippen molar-refractivity contribution < 1.29 is 14.7 Å². The molecule has 1 aromatic heterocycles. The van der Waals surface area contributed by atoms with Crippen molar-refractivity contribution in [3.63, 3.8) is 0 Å². The van der Waals surface area contributed by atoms with E-state index in [0.717, 1.165) is 37.8 Å². The highest BCUT2D eigenvalue weighted by Crippen LogP contribution is 2.33. The molecule has 0 spiro atoms. The number of aryl methyl sites for hydroxylation is 2. The molecule has 1 atom stereocenters. The summed E-state index contributed by atoms with van der Waals surface area (Å²) in [5.41, 5.74) is 1.08. The van der Waals surface area contributed by atoms with Gasteiger partial charge in [0, 0.05) is 4.88 Å². The lowest BCUT2D eigenvalue weighted by atomic mass is 10.0. The Kier molecular flexibility index (Phi) is 3.60. The zero-order valence-electron chi connectivity index (χ0n) is 11.0. The summed E-state index contributed by atoms with van der Waals surface area (Å²) < 4.78 is 0. The smallest absolute Gasteiger partial charge is 0.326 e. The second-order valence-corrected chi connectivity index (χ2v) is 6.43. The maximum atomic E-state index is 11.9. The van der Waals surface area contributed by atoms with Crippen LogP contribution < -0.4 is 10.6 Å². The lowest BCUT2D eigenvalue weighted by Gasteiger charge is -2.13. The number of carboxylic acid groups (broad SMARTS) is 1. The average Bonchev–Trinajstić information content (AvgIpc) is 3.15. The maximum absolute atomic E-state index is 11.9. The number of carbonyl (C=O) groups is 2. The van der Waals surface area contributed by atoms with Crippen LogP contribution in [0, 0.1) is 5.92 Å². The van der Waals surface area contributed by atoms with E-state index in [4.69, 9.17) is 5.11 Å². The lowest BCUT2D eigenvalue weighted by Crippen LogP contribution is -2.44. The topological polar surface area (TPSA) is 91.3 Å². The SMILES string of the molecule is O=C(Nc1nc2c(s1)CCCC2)NC(C(=O)O)C1CC1. The van der Waals surface area contributed by atoms with Crippen LogP contribution in [-0.4, -0.2) is 28.1 Å². The third-order valence-corrected chi connectivity index (χ3v) is 4.79. The number of rotatable bonds is 4. The van der Waals surface area contributed by atoms with Crippen molar-refractivity contribution in [3.05, 3.63) is 10.6 Å². The zero-order chi connectivity index (χ0) is 14.1. The second kappa shape index (κ2) is 5.40. The number of aliphatic carboxylic acids is 1. The van der Waals surface area contributed by atoms with Crippen molar-refractivity contribution in [2.45, 2.75) is 44.6 Å². The monoisotopic (exact) mass is 295 g/mol. The minimum atomic E-state index is -0.971. The molecule has 1 saturated carbocycles. The molecule has 108 valence electrons. The Bertz CT molecular complexity index is 515. The molecule has 0 bridgehead atoms. The van der Waals surface area contributed by atoms with Crippen molar-refractivity contribution in [2.75, 3.05) is 5.32 Å². The van der Waals surface area contributed by atoms with Gasteiger partial charge in [-0.2, -0.15) is 0 Å². The van der Waals surface area contributed by atoms with E-state index in [1.54, 1.807) is 0 Å². The number of thiazole rings is 1. The summed E-state index contributed by atoms with van der Waals surface area (Å²) in [6, 6.07) is -1.26. The van der Waals surface area contributed by atoms with Crippen molar-refractivity contribution in [1.29, 1.82) is 0 Å². The average molecular weight is 295 g/mol. The molecular formula is C13H17N3O3S. The molecule has 1 unspecified atom stereocenters. The molecule has 3 rings (SSSR count). The predicted octanol–water partition coefficient (Wildman–Crippen LogP) is 2.01. The van der Waals surface area contributed by atoms with Gasteiger partial charge in [0.2, 0.25) is 0 Å². The van der Waals surface area contributed by atoms with Gasteiger partial charge < -0.3 is 10.4 Å². The largest absolute Gasteiger partial charge is 0.480 e. The molecule has 0 aliphatic heterocycles. The number of amides is 2. The first-order chi connectivity index (χ1) is 9.63. The molecule has 0 aromatic carbocycles. The van der Waals surface area contributed by atoms with E-state index in [-0.39, 0.29) is 5.92 Å². The number of carboxylic acids is 1. The first-order valence-corrected chi connectivity index (χ1v) is 7.74. The molecule has 0 radical (unpaired) electrons. The van der Waals surface area contributed by atoms with E-state index in [0.29, 0.717) is 5.13 Å². The Morgan fingerprint density at radius 1 is 1.30 bits per heavy atom. The number of urea groups is 1. The zero-order valence-corrected chi connectivity index (χ0v) is 11.8. The van der Waals surface area contributed by atoms with Crippen molar-refractivity contribution in [2.24, 2.45) is 5.92 Å². The summed E-state index contributed by atoms with van der Waals surface area (Å²) in [4.78, 5) is 28.6. The summed E-state index contributed by atoms with van der Waals surface area (Å²) in [6.45, 7) is 0. The summed E-state index contributed by atoms with van der Waals surface area (Å²) >= 11 is 1.49. The van der Waals surface area contributed by atoms with Gasteiger partial charge >= 0.3 is 12.0 Å². The number of hydrogen-bond acceptors (Lipinski definition) is 4. The molecule has 2 amide bonds. The molecule has 1 aromatic rings. The van der Waals surface area contributed by atoms with Crippen molar-refractivity contribution in [3.8, 4) is 0 Å². The van der Waals surface area contributed by atoms with Crippen LogP contribution in [0.1, 0.15) is 36.3 Å². The fraction of sp³-hybridized carbons (Fsp3) is 0.615. The van der Waals surface area contributed by atoms with Crippen molar-refractivity contribution >= 4 is 28.5 Å². The number of carbonyl (C=O) groups excluding carboxylic acids is 1. The normalized spacial score (nSPS) is 19.0. The van der Waals surface area contributed by atoms with Gasteiger partial charge in [-0.05, 0) is 44.4 Å². The maximum Gasteiger partial charge on any atom is 0.326 e. The molecular weight excluding hydrogens is 278 g/mol. The predicted molar refractivity (Wildman–Crippen MR) is 75.1 cm³/mol. The Morgan fingerprint density at radius 3 is 2.70 bits per heavy atom. The molecule has 3 N–H and O–H groups in total. The number of fused-ring (bicyclic) bond motifs is 1. The van der Waals surface area contributed by atoms with E-state index in [2.05, 4.69) is 15.6 Å². The fourth-order valence-electron chi connectivity index (χ4n) is 2.49. The molecule has 1 heterocycles. The summed E-state index contributed by atoms with van der Waals surface area (Å²) in [6.07, 6.45) is 6.03. The fourth-order valence-corrected chi connectivity index (χ4v) is 3.54. The van der Waals surface area contributed by atoms with E-state index in [9.17, 15) is 9.59 Å². The number of aromatic nitrogens is 1. The van der Waals surface area contributed by atoms with Crippen LogP contribution in [0.5, 0.6) is 0 Å². The minimum Gasteiger partial charge on any atom is -0.480 e. The highest BCUT2D eigenvalue weighted by Gasteiger charge is 2.37. The Labute approximate surface area is 120 Å². The van der Waals surface area contributed by atoms with Crippen molar-refractivity contribution in [1.82, 2.24) is 10.3 Å². The highest BCUT2D eigenvalue weighted by atomic mass is 32.1. The van der Waals surface area contributed by atoms with Crippen LogP contribution in [0.2, 0.25) is 0 Å². The summed E-state index contributed by atoms with van der Waals surface area (Å²) in [5, 5.41) is 14.8. The Morgan fingerprint density at radius 2 is 2.05 bits per heavy atom. The molecule has 2 aliphatic carbocycles. The third-order valence-electron chi connectivity index (χ3n) is 3.71. The molecule has 7 heteroatoms. The van der Waals surface area contributed by atoms with Gasteiger partial charge in [-0.25, -0.2) is 14.6 Å². The third kappa shape index (κ3) is 2.92. The lowest BCUT2D eigenvalue weighted by molar-refractivity contribution is -0.139. The van der Waals surface area contributed by atoms with Gasteiger partial charge in [-0.3, -0.25) is 5.32 Å². The van der Waals surface area contributed by atoms with Crippen LogP contribution in [0.15, 0.2) is 0 Å². The second-order valence-electron chi connectivity index (χ2n) is 5.35. The quantitative estimate of drug-likeness (QED) is 0.792. The van der Waals surface area contributed by atoms with Gasteiger partial charge in [0.25, 0.3) is 0 Å². The van der Waals surface area contributed by atoms with Crippen LogP contribution >= 0.6 is 11.3 Å². The van der Waals surface area contributed by atoms with E-state index in [1.807, 2.05) is 0 Å². The first-order valence-electron chi connectivity index (χ1n) is 6.92. The van der Waals surface area contributed by atoms with Crippen LogP contribution in [0.25, 0.3) is 0 Å². The molecule has 0 saturated heterocycles. The first kappa shape index (κ1) is 13.4. The number of anilines is 1. The van der Waals surface area contributed by atoms with Gasteiger partial charge in [0.1, 0.15) is 6.04 Å². The number of nitrogens with one attached hydrogen (secondary N) is 2. The molecule has 2 aliphatic rings. The van der Waals surface area contributed by atoms with Gasteiger partial charge in [-0.15, -0.1) is 11.3 Å². The summed E-state index contributed by atoms with van der Waals surface area (Å²) in [5.74, 6) is -0.899. The van der Waals surface area contributed by atoms with Gasteiger partial charge in [0.05, 0.1) is 5.69 Å². The van der Waals surface area contributed by atoms with Crippen LogP contribution in [0.4, 0.5) is 9.93 Å². The molecule has 20 heavy (non-hydrogen) atoms. The van der Waals surface area contributed by atoms with E-state index < -0.39 is 18.0 Å². The van der Waals surface area contributed by atoms with Gasteiger partial charge in [0.15, 0.2) is 5.13 Å². The molecule has 6 nitrogen and oxygen atoms in total. The Hall–Kier alpha value is -1.63. The van der Waals surface area contributed by atoms with E-state index >= 15 is 0 Å². The van der Waals surface area contributed by atoms with E-state index in [1.165, 1.54) is 22.6 Å². The number of hydrogen-bond donors (Lipinski definition) is 3. The van der Waals surface area contributed by atoms with Crippen LogP contribution in [0.3, 0.4) is 0 Å². The standard InChI is InChI=1S/C13H17N3O3S/c17-11(18)10(7-5-6-7)15-12(19)16-13-14-8-3-1-2-4-9(8)20-13/h7,10H,1-6H2,(H,17,18)(H2,14,15,16,19). The highest BCUT2D eigenvalue weighted by molar-refractivity contribution is 7.15. The van der Waals surface area contributed by atoms with Gasteiger partial charge in [-0.1, -0.05) is 0 Å². The van der Waals surface area contributed by atoms with Crippen LogP contribution in [-0.2, 0) is 17.6 Å². The minimum absolute atomic E-state index is 0.0720. The number of nitrogens with zero attached hydrogens (tertiary/aromatic N) is 1. The summed E-state index contributed by atoms with van der Waals surface area (Å²) in [7, 11) is 0. The Balaban J connectivity index is 1.60.